The summed E-state index contributed by atoms with van der Waals surface area (Å²) in [6.45, 7) is 6.99. The summed E-state index contributed by atoms with van der Waals surface area (Å²) in [6.07, 6.45) is 10.7. The van der Waals surface area contributed by atoms with Crippen LogP contribution >= 0.6 is 0 Å². The molecule has 0 radical (unpaired) electrons. The fourth-order valence-electron chi connectivity index (χ4n) is 3.26. The first-order chi connectivity index (χ1) is 7.74. The third-order valence-corrected chi connectivity index (χ3v) is 4.05. The van der Waals surface area contributed by atoms with Gasteiger partial charge in [-0.2, -0.15) is 0 Å². The Morgan fingerprint density at radius 3 is 2.94 bits per heavy atom. The minimum Gasteiger partial charge on any atom is -0.375 e. The number of ether oxygens (including phenoxy) is 1. The molecule has 0 aromatic heterocycles. The van der Waals surface area contributed by atoms with Crippen molar-refractivity contribution in [2.24, 2.45) is 0 Å². The van der Waals surface area contributed by atoms with Crippen LogP contribution in [-0.4, -0.2) is 24.3 Å². The van der Waals surface area contributed by atoms with Crippen molar-refractivity contribution in [1.82, 2.24) is 5.32 Å². The molecule has 92 valence electrons. The van der Waals surface area contributed by atoms with Crippen molar-refractivity contribution >= 4 is 0 Å². The van der Waals surface area contributed by atoms with Crippen LogP contribution in [0.15, 0.2) is 12.7 Å². The summed E-state index contributed by atoms with van der Waals surface area (Å²) in [4.78, 5) is 0. The minimum absolute atomic E-state index is 0.240. The standard InChI is InChI=1S/C14H25NO/c1-3-6-12(2)15-13-7-10-16-14(11-13)8-4-5-9-14/h3,12-13,15H,1,4-11H2,2H3. The van der Waals surface area contributed by atoms with Crippen LogP contribution in [0.4, 0.5) is 0 Å². The maximum absolute atomic E-state index is 6.04. The summed E-state index contributed by atoms with van der Waals surface area (Å²) in [5.74, 6) is 0. The Balaban J connectivity index is 1.84. The lowest BCUT2D eigenvalue weighted by molar-refractivity contribution is -0.0845. The third-order valence-electron chi connectivity index (χ3n) is 4.05. The summed E-state index contributed by atoms with van der Waals surface area (Å²) in [6, 6.07) is 1.21. The number of hydrogen-bond donors (Lipinski definition) is 1. The van der Waals surface area contributed by atoms with Crippen molar-refractivity contribution in [1.29, 1.82) is 0 Å². The van der Waals surface area contributed by atoms with Crippen LogP contribution in [0.25, 0.3) is 0 Å². The summed E-state index contributed by atoms with van der Waals surface area (Å²) in [5, 5.41) is 3.72. The van der Waals surface area contributed by atoms with Gasteiger partial charge in [-0.25, -0.2) is 0 Å². The van der Waals surface area contributed by atoms with Crippen LogP contribution in [0.3, 0.4) is 0 Å². The number of nitrogens with one attached hydrogen (secondary N) is 1. The highest BCUT2D eigenvalue weighted by Crippen LogP contribution is 2.40. The second kappa shape index (κ2) is 5.33. The zero-order valence-corrected chi connectivity index (χ0v) is 10.5. The van der Waals surface area contributed by atoms with Crippen LogP contribution in [0.5, 0.6) is 0 Å². The Hall–Kier alpha value is -0.340. The largest absolute Gasteiger partial charge is 0.375 e. The molecule has 1 saturated heterocycles. The second-order valence-corrected chi connectivity index (χ2v) is 5.52. The van der Waals surface area contributed by atoms with E-state index < -0.39 is 0 Å². The lowest BCUT2D eigenvalue weighted by Gasteiger charge is -2.39. The Bertz CT molecular complexity index is 233. The molecule has 2 aliphatic rings. The molecule has 2 rings (SSSR count). The van der Waals surface area contributed by atoms with Crippen molar-refractivity contribution in [3.8, 4) is 0 Å². The molecule has 16 heavy (non-hydrogen) atoms. The number of hydrogen-bond acceptors (Lipinski definition) is 2. The summed E-state index contributed by atoms with van der Waals surface area (Å²) in [7, 11) is 0. The molecule has 2 nitrogen and oxygen atoms in total. The van der Waals surface area contributed by atoms with Gasteiger partial charge in [0.05, 0.1) is 5.60 Å². The first-order valence-corrected chi connectivity index (χ1v) is 6.75. The van der Waals surface area contributed by atoms with Crippen LogP contribution in [0.1, 0.15) is 51.9 Å². The molecule has 2 fully saturated rings. The van der Waals surface area contributed by atoms with Gasteiger partial charge in [-0.15, -0.1) is 6.58 Å². The minimum atomic E-state index is 0.240. The average Bonchev–Trinajstić information content (AvgIpc) is 2.66. The Kier molecular flexibility index (Phi) is 4.04. The van der Waals surface area contributed by atoms with Gasteiger partial charge >= 0.3 is 0 Å². The van der Waals surface area contributed by atoms with Crippen molar-refractivity contribution in [2.75, 3.05) is 6.61 Å². The third kappa shape index (κ3) is 2.86. The summed E-state index contributed by atoms with van der Waals surface area (Å²) in [5.41, 5.74) is 0.240. The maximum atomic E-state index is 6.04. The van der Waals surface area contributed by atoms with E-state index in [1.807, 2.05) is 6.08 Å². The van der Waals surface area contributed by atoms with Gasteiger partial charge in [-0.05, 0) is 39.0 Å². The first-order valence-electron chi connectivity index (χ1n) is 6.75. The van der Waals surface area contributed by atoms with Crippen LogP contribution < -0.4 is 5.32 Å². The van der Waals surface area contributed by atoms with E-state index >= 15 is 0 Å². The highest BCUT2D eigenvalue weighted by atomic mass is 16.5. The second-order valence-electron chi connectivity index (χ2n) is 5.52. The van der Waals surface area contributed by atoms with Gasteiger partial charge in [0.15, 0.2) is 0 Å². The van der Waals surface area contributed by atoms with Gasteiger partial charge in [-0.3, -0.25) is 0 Å². The quantitative estimate of drug-likeness (QED) is 0.740. The Morgan fingerprint density at radius 2 is 2.25 bits per heavy atom. The van der Waals surface area contributed by atoms with E-state index in [1.54, 1.807) is 0 Å². The zero-order chi connectivity index (χ0) is 11.4. The predicted molar refractivity (Wildman–Crippen MR) is 67.6 cm³/mol. The molecule has 2 heteroatoms. The van der Waals surface area contributed by atoms with E-state index in [-0.39, 0.29) is 5.60 Å². The molecule has 1 aliphatic carbocycles. The van der Waals surface area contributed by atoms with Gasteiger partial charge in [0.1, 0.15) is 0 Å². The molecular formula is C14H25NO. The van der Waals surface area contributed by atoms with Gasteiger partial charge < -0.3 is 10.1 Å². The topological polar surface area (TPSA) is 21.3 Å². The highest BCUT2D eigenvalue weighted by molar-refractivity contribution is 4.94. The smallest absolute Gasteiger partial charge is 0.0697 e. The van der Waals surface area contributed by atoms with Gasteiger partial charge in [0.25, 0.3) is 0 Å². The first kappa shape index (κ1) is 12.1. The van der Waals surface area contributed by atoms with Gasteiger partial charge in [0.2, 0.25) is 0 Å². The molecule has 0 bridgehead atoms. The van der Waals surface area contributed by atoms with Gasteiger partial charge in [-0.1, -0.05) is 18.9 Å². The van der Waals surface area contributed by atoms with E-state index in [0.717, 1.165) is 13.0 Å². The lowest BCUT2D eigenvalue weighted by atomic mass is 9.88. The lowest BCUT2D eigenvalue weighted by Crippen LogP contribution is -2.47. The van der Waals surface area contributed by atoms with Crippen molar-refractivity contribution in [2.45, 2.75) is 69.6 Å². The Morgan fingerprint density at radius 1 is 1.50 bits per heavy atom. The van der Waals surface area contributed by atoms with E-state index in [9.17, 15) is 0 Å². The summed E-state index contributed by atoms with van der Waals surface area (Å²) < 4.78 is 6.04. The fraction of sp³-hybridized carbons (Fsp3) is 0.857. The van der Waals surface area contributed by atoms with E-state index in [4.69, 9.17) is 4.74 Å². The Labute approximate surface area is 99.4 Å². The normalized spacial score (nSPS) is 30.4. The molecule has 1 saturated carbocycles. The summed E-state index contributed by atoms with van der Waals surface area (Å²) >= 11 is 0. The molecule has 2 unspecified atom stereocenters. The van der Waals surface area contributed by atoms with E-state index in [2.05, 4.69) is 18.8 Å². The number of rotatable bonds is 4. The van der Waals surface area contributed by atoms with Crippen molar-refractivity contribution in [3.05, 3.63) is 12.7 Å². The molecule has 1 aliphatic heterocycles. The predicted octanol–water partition coefficient (Wildman–Crippen LogP) is 3.03. The monoisotopic (exact) mass is 223 g/mol. The molecule has 0 amide bonds. The molecule has 1 spiro atoms. The molecule has 1 heterocycles. The van der Waals surface area contributed by atoms with Crippen LogP contribution in [-0.2, 0) is 4.74 Å². The molecule has 2 atom stereocenters. The highest BCUT2D eigenvalue weighted by Gasteiger charge is 2.39. The van der Waals surface area contributed by atoms with Crippen molar-refractivity contribution < 1.29 is 4.74 Å². The SMILES string of the molecule is C=CCC(C)NC1CCOC2(CCCC2)C1. The van der Waals surface area contributed by atoms with E-state index in [1.165, 1.54) is 38.5 Å². The molecule has 1 N–H and O–H groups in total. The zero-order valence-electron chi connectivity index (χ0n) is 10.5. The fourth-order valence-corrected chi connectivity index (χ4v) is 3.26. The van der Waals surface area contributed by atoms with Crippen LogP contribution in [0, 0.1) is 0 Å². The molecular weight excluding hydrogens is 198 g/mol. The molecule has 0 aromatic carbocycles. The molecule has 0 aromatic rings. The van der Waals surface area contributed by atoms with Crippen LogP contribution in [0.2, 0.25) is 0 Å². The van der Waals surface area contributed by atoms with Gasteiger partial charge in [0, 0.05) is 18.7 Å². The van der Waals surface area contributed by atoms with E-state index in [0.29, 0.717) is 12.1 Å². The van der Waals surface area contributed by atoms with Crippen molar-refractivity contribution in [3.63, 3.8) is 0 Å². The average molecular weight is 223 g/mol. The maximum Gasteiger partial charge on any atom is 0.0697 e.